The Morgan fingerprint density at radius 1 is 1.38 bits per heavy atom. The maximum atomic E-state index is 6.23. The van der Waals surface area contributed by atoms with Crippen LogP contribution in [0.1, 0.15) is 18.6 Å². The van der Waals surface area contributed by atoms with Crippen LogP contribution in [-0.2, 0) is 6.54 Å². The van der Waals surface area contributed by atoms with Crippen molar-refractivity contribution in [3.05, 3.63) is 47.4 Å². The molecule has 1 fully saturated rings. The van der Waals surface area contributed by atoms with Gasteiger partial charge in [-0.3, -0.25) is 0 Å². The summed E-state index contributed by atoms with van der Waals surface area (Å²) in [7, 11) is 3.76. The van der Waals surface area contributed by atoms with Crippen molar-refractivity contribution in [1.82, 2.24) is 9.80 Å². The van der Waals surface area contributed by atoms with E-state index in [9.17, 15) is 0 Å². The third-order valence-corrected chi connectivity index (χ3v) is 5.33. The number of hydrogen-bond acceptors (Lipinski definition) is 4. The van der Waals surface area contributed by atoms with Crippen molar-refractivity contribution < 1.29 is 9.15 Å². The molecule has 0 atom stereocenters. The monoisotopic (exact) mass is 393 g/mol. The Kier molecular flexibility index (Phi) is 6.40. The average Bonchev–Trinajstić information content (AvgIpc) is 3.14. The van der Waals surface area contributed by atoms with Crippen LogP contribution in [0.3, 0.4) is 0 Å². The Bertz CT molecular complexity index is 730. The highest BCUT2D eigenvalue weighted by Crippen LogP contribution is 2.28. The molecule has 2 aromatic rings. The standard InChI is InChI=1S/C19H24ClN3O2S/c1-22-9-7-15(8-10-22)23(13-16-4-3-11-25-16)19(26)21-14-5-6-18(24-2)17(20)12-14/h3-6,11-12,15H,7-10,13H2,1-2H3,(H,21,26). The molecule has 0 radical (unpaired) electrons. The second-order valence-corrected chi connectivity index (χ2v) is 7.32. The number of nitrogens with zero attached hydrogens (tertiary/aromatic N) is 2. The molecular weight excluding hydrogens is 370 g/mol. The number of benzene rings is 1. The van der Waals surface area contributed by atoms with Gasteiger partial charge < -0.3 is 24.3 Å². The number of methoxy groups -OCH3 is 1. The van der Waals surface area contributed by atoms with Crippen molar-refractivity contribution >= 4 is 34.6 Å². The molecule has 0 amide bonds. The fraction of sp³-hybridized carbons (Fsp3) is 0.421. The van der Waals surface area contributed by atoms with Gasteiger partial charge in [0.15, 0.2) is 5.11 Å². The second-order valence-electron chi connectivity index (χ2n) is 6.52. The largest absolute Gasteiger partial charge is 0.495 e. The SMILES string of the molecule is COc1ccc(NC(=S)N(Cc2ccco2)C2CCN(C)CC2)cc1Cl. The Balaban J connectivity index is 1.74. The highest BCUT2D eigenvalue weighted by molar-refractivity contribution is 7.80. The van der Waals surface area contributed by atoms with E-state index in [1.54, 1.807) is 13.4 Å². The first-order valence-corrected chi connectivity index (χ1v) is 9.47. The highest BCUT2D eigenvalue weighted by Gasteiger charge is 2.26. The van der Waals surface area contributed by atoms with Crippen LogP contribution in [0, 0.1) is 0 Å². The zero-order chi connectivity index (χ0) is 18.5. The Morgan fingerprint density at radius 3 is 2.77 bits per heavy atom. The van der Waals surface area contributed by atoms with Crippen molar-refractivity contribution in [3.8, 4) is 5.75 Å². The zero-order valence-corrected chi connectivity index (χ0v) is 16.6. The third-order valence-electron chi connectivity index (χ3n) is 4.70. The van der Waals surface area contributed by atoms with Gasteiger partial charge in [-0.1, -0.05) is 11.6 Å². The predicted octanol–water partition coefficient (Wildman–Crippen LogP) is 4.23. The molecule has 0 aliphatic carbocycles. The van der Waals surface area contributed by atoms with E-state index in [1.807, 2.05) is 30.3 Å². The van der Waals surface area contributed by atoms with Crippen LogP contribution in [0.2, 0.25) is 5.02 Å². The van der Waals surface area contributed by atoms with E-state index >= 15 is 0 Å². The number of furan rings is 1. The van der Waals surface area contributed by atoms with Gasteiger partial charge in [-0.15, -0.1) is 0 Å². The van der Waals surface area contributed by atoms with Gasteiger partial charge in [0.05, 0.1) is 24.9 Å². The van der Waals surface area contributed by atoms with Gasteiger partial charge in [-0.25, -0.2) is 0 Å². The third kappa shape index (κ3) is 4.69. The van der Waals surface area contributed by atoms with Gasteiger partial charge in [0.1, 0.15) is 11.5 Å². The molecule has 26 heavy (non-hydrogen) atoms. The molecule has 140 valence electrons. The number of rotatable bonds is 5. The molecule has 1 aliphatic heterocycles. The van der Waals surface area contributed by atoms with Crippen molar-refractivity contribution in [2.75, 3.05) is 32.6 Å². The number of halogens is 1. The quantitative estimate of drug-likeness (QED) is 0.766. The molecule has 0 saturated carbocycles. The molecule has 1 aliphatic rings. The number of ether oxygens (including phenoxy) is 1. The van der Waals surface area contributed by atoms with Crippen molar-refractivity contribution in [2.24, 2.45) is 0 Å². The maximum absolute atomic E-state index is 6.23. The van der Waals surface area contributed by atoms with E-state index in [1.165, 1.54) is 0 Å². The topological polar surface area (TPSA) is 40.9 Å². The fourth-order valence-electron chi connectivity index (χ4n) is 3.18. The second kappa shape index (κ2) is 8.75. The Hall–Kier alpha value is -1.76. The number of thiocarbonyl (C=S) groups is 1. The summed E-state index contributed by atoms with van der Waals surface area (Å²) in [6.07, 6.45) is 3.84. The minimum Gasteiger partial charge on any atom is -0.495 e. The highest BCUT2D eigenvalue weighted by atomic mass is 35.5. The van der Waals surface area contributed by atoms with Crippen LogP contribution >= 0.6 is 23.8 Å². The van der Waals surface area contributed by atoms with E-state index in [4.69, 9.17) is 33.0 Å². The molecular formula is C19H24ClN3O2S. The van der Waals surface area contributed by atoms with Crippen molar-refractivity contribution in [3.63, 3.8) is 0 Å². The van der Waals surface area contributed by atoms with Crippen molar-refractivity contribution in [1.29, 1.82) is 0 Å². The molecule has 5 nitrogen and oxygen atoms in total. The summed E-state index contributed by atoms with van der Waals surface area (Å²) in [6.45, 7) is 2.78. The lowest BCUT2D eigenvalue weighted by Crippen LogP contribution is -2.47. The zero-order valence-electron chi connectivity index (χ0n) is 15.1. The van der Waals surface area contributed by atoms with Crippen LogP contribution in [0.15, 0.2) is 41.0 Å². The minimum atomic E-state index is 0.380. The van der Waals surface area contributed by atoms with E-state index in [2.05, 4.69) is 22.2 Å². The normalized spacial score (nSPS) is 15.7. The number of hydrogen-bond donors (Lipinski definition) is 1. The lowest BCUT2D eigenvalue weighted by molar-refractivity contribution is 0.168. The van der Waals surface area contributed by atoms with Crippen LogP contribution in [0.4, 0.5) is 5.69 Å². The van der Waals surface area contributed by atoms with Gasteiger partial charge in [-0.2, -0.15) is 0 Å². The molecule has 0 unspecified atom stereocenters. The summed E-state index contributed by atoms with van der Waals surface area (Å²) in [5.74, 6) is 1.55. The van der Waals surface area contributed by atoms with Gasteiger partial charge in [0.2, 0.25) is 0 Å². The molecule has 1 saturated heterocycles. The van der Waals surface area contributed by atoms with Crippen LogP contribution in [0.5, 0.6) is 5.75 Å². The molecule has 0 spiro atoms. The summed E-state index contributed by atoms with van der Waals surface area (Å²) in [5.41, 5.74) is 0.846. The maximum Gasteiger partial charge on any atom is 0.174 e. The molecule has 7 heteroatoms. The summed E-state index contributed by atoms with van der Waals surface area (Å²) in [6, 6.07) is 9.84. The van der Waals surface area contributed by atoms with Crippen LogP contribution in [0.25, 0.3) is 0 Å². The lowest BCUT2D eigenvalue weighted by atomic mass is 10.0. The van der Waals surface area contributed by atoms with E-state index < -0.39 is 0 Å². The molecule has 0 bridgehead atoms. The van der Waals surface area contributed by atoms with Crippen molar-refractivity contribution in [2.45, 2.75) is 25.4 Å². The van der Waals surface area contributed by atoms with E-state index in [-0.39, 0.29) is 0 Å². The molecule has 1 aromatic heterocycles. The predicted molar refractivity (Wildman–Crippen MR) is 109 cm³/mol. The van der Waals surface area contributed by atoms with Gasteiger partial charge in [0, 0.05) is 11.7 Å². The average molecular weight is 394 g/mol. The first kappa shape index (κ1) is 19.0. The number of anilines is 1. The number of nitrogens with one attached hydrogen (secondary N) is 1. The molecule has 2 heterocycles. The summed E-state index contributed by atoms with van der Waals surface area (Å²) < 4.78 is 10.8. The summed E-state index contributed by atoms with van der Waals surface area (Å²) in [5, 5.41) is 4.55. The molecule has 1 aromatic carbocycles. The van der Waals surface area contributed by atoms with E-state index in [0.717, 1.165) is 37.4 Å². The Morgan fingerprint density at radius 2 is 2.15 bits per heavy atom. The molecule has 3 rings (SSSR count). The lowest BCUT2D eigenvalue weighted by Gasteiger charge is -2.38. The smallest absolute Gasteiger partial charge is 0.174 e. The minimum absolute atomic E-state index is 0.380. The first-order valence-electron chi connectivity index (χ1n) is 8.69. The van der Waals surface area contributed by atoms with E-state index in [0.29, 0.717) is 28.5 Å². The summed E-state index contributed by atoms with van der Waals surface area (Å²) >= 11 is 12.0. The van der Waals surface area contributed by atoms with Crippen LogP contribution in [-0.4, -0.2) is 48.2 Å². The van der Waals surface area contributed by atoms with Gasteiger partial charge in [-0.05, 0) is 75.5 Å². The van der Waals surface area contributed by atoms with Gasteiger partial charge in [0.25, 0.3) is 0 Å². The van der Waals surface area contributed by atoms with Gasteiger partial charge >= 0.3 is 0 Å². The first-order chi connectivity index (χ1) is 12.6. The number of likely N-dealkylation sites (tertiary alicyclic amines) is 1. The number of piperidine rings is 1. The summed E-state index contributed by atoms with van der Waals surface area (Å²) in [4.78, 5) is 4.57. The van der Waals surface area contributed by atoms with Crippen LogP contribution < -0.4 is 10.1 Å². The Labute approximate surface area is 164 Å². The fourth-order valence-corrected chi connectivity index (χ4v) is 3.77. The molecule has 1 N–H and O–H groups in total.